The largest absolute Gasteiger partial charge is 0.497 e. The SMILES string of the molecule is COc1ccc(SCc2cc(C(=O)Nc3c(Cl)cncc3Cl)ccc2OC)cc1. The number of nitrogens with one attached hydrogen (secondary N) is 1. The Labute approximate surface area is 183 Å². The van der Waals surface area contributed by atoms with Gasteiger partial charge in [-0.25, -0.2) is 0 Å². The number of halogens is 2. The van der Waals surface area contributed by atoms with Crippen molar-refractivity contribution >= 4 is 46.6 Å². The molecule has 2 aromatic carbocycles. The van der Waals surface area contributed by atoms with Gasteiger partial charge in [0.2, 0.25) is 0 Å². The van der Waals surface area contributed by atoms with Gasteiger partial charge in [-0.1, -0.05) is 23.2 Å². The molecular weight excluding hydrogens is 431 g/mol. The van der Waals surface area contributed by atoms with Gasteiger partial charge in [0.15, 0.2) is 0 Å². The van der Waals surface area contributed by atoms with Gasteiger partial charge in [-0.15, -0.1) is 11.8 Å². The minimum absolute atomic E-state index is 0.273. The number of carbonyl (C=O) groups is 1. The predicted molar refractivity (Wildman–Crippen MR) is 118 cm³/mol. The summed E-state index contributed by atoms with van der Waals surface area (Å²) < 4.78 is 10.6. The van der Waals surface area contributed by atoms with Crippen molar-refractivity contribution in [3.63, 3.8) is 0 Å². The average molecular weight is 449 g/mol. The van der Waals surface area contributed by atoms with Gasteiger partial charge in [0.1, 0.15) is 11.5 Å². The summed E-state index contributed by atoms with van der Waals surface area (Å²) in [7, 11) is 3.24. The second-order valence-electron chi connectivity index (χ2n) is 5.92. The molecule has 0 fully saturated rings. The van der Waals surface area contributed by atoms with Crippen molar-refractivity contribution in [2.24, 2.45) is 0 Å². The molecule has 0 saturated heterocycles. The summed E-state index contributed by atoms with van der Waals surface area (Å²) >= 11 is 13.8. The van der Waals surface area contributed by atoms with Crippen LogP contribution in [0.5, 0.6) is 11.5 Å². The van der Waals surface area contributed by atoms with E-state index in [2.05, 4.69) is 10.3 Å². The van der Waals surface area contributed by atoms with Crippen molar-refractivity contribution in [1.29, 1.82) is 0 Å². The molecule has 3 rings (SSSR count). The van der Waals surface area contributed by atoms with Crippen LogP contribution in [-0.2, 0) is 5.75 Å². The highest BCUT2D eigenvalue weighted by molar-refractivity contribution is 7.98. The molecule has 1 N–H and O–H groups in total. The average Bonchev–Trinajstić information content (AvgIpc) is 2.75. The first-order chi connectivity index (χ1) is 14.0. The van der Waals surface area contributed by atoms with Crippen molar-refractivity contribution in [3.05, 3.63) is 76.0 Å². The number of anilines is 1. The summed E-state index contributed by atoms with van der Waals surface area (Å²) in [6.45, 7) is 0. The molecule has 5 nitrogen and oxygen atoms in total. The molecule has 0 aliphatic rings. The van der Waals surface area contributed by atoms with Crippen LogP contribution in [0, 0.1) is 0 Å². The van der Waals surface area contributed by atoms with E-state index < -0.39 is 0 Å². The molecule has 8 heteroatoms. The summed E-state index contributed by atoms with van der Waals surface area (Å²) in [5.41, 5.74) is 1.70. The number of carbonyl (C=O) groups excluding carboxylic acids is 1. The van der Waals surface area contributed by atoms with E-state index >= 15 is 0 Å². The molecule has 0 aliphatic carbocycles. The third-order valence-electron chi connectivity index (χ3n) is 4.09. The van der Waals surface area contributed by atoms with E-state index in [1.807, 2.05) is 24.3 Å². The van der Waals surface area contributed by atoms with Crippen molar-refractivity contribution in [2.75, 3.05) is 19.5 Å². The van der Waals surface area contributed by atoms with Crippen molar-refractivity contribution in [1.82, 2.24) is 4.98 Å². The monoisotopic (exact) mass is 448 g/mol. The zero-order valence-corrected chi connectivity index (χ0v) is 18.1. The van der Waals surface area contributed by atoms with Crippen molar-refractivity contribution in [3.8, 4) is 11.5 Å². The number of nitrogens with zero attached hydrogens (tertiary/aromatic N) is 1. The summed E-state index contributed by atoms with van der Waals surface area (Å²) in [4.78, 5) is 17.7. The number of pyridine rings is 1. The molecule has 0 unspecified atom stereocenters. The fraction of sp³-hybridized carbons (Fsp3) is 0.143. The first kappa shape index (κ1) is 21.3. The van der Waals surface area contributed by atoms with Crippen LogP contribution in [0.25, 0.3) is 0 Å². The van der Waals surface area contributed by atoms with Gasteiger partial charge in [0.25, 0.3) is 5.91 Å². The fourth-order valence-corrected chi connectivity index (χ4v) is 3.92. The highest BCUT2D eigenvalue weighted by Crippen LogP contribution is 2.32. The number of hydrogen-bond donors (Lipinski definition) is 1. The summed E-state index contributed by atoms with van der Waals surface area (Å²) in [6.07, 6.45) is 2.85. The fourth-order valence-electron chi connectivity index (χ4n) is 2.58. The van der Waals surface area contributed by atoms with Crippen LogP contribution in [0.3, 0.4) is 0 Å². The predicted octanol–water partition coefficient (Wildman–Crippen LogP) is 5.95. The van der Waals surface area contributed by atoms with Crippen molar-refractivity contribution in [2.45, 2.75) is 10.6 Å². The minimum atomic E-state index is -0.321. The van der Waals surface area contributed by atoms with Gasteiger partial charge in [-0.3, -0.25) is 9.78 Å². The van der Waals surface area contributed by atoms with Crippen LogP contribution in [0.4, 0.5) is 5.69 Å². The molecule has 1 aromatic heterocycles. The molecule has 1 heterocycles. The molecule has 0 spiro atoms. The molecule has 0 saturated carbocycles. The number of methoxy groups -OCH3 is 2. The lowest BCUT2D eigenvalue weighted by Gasteiger charge is -2.12. The van der Waals surface area contributed by atoms with Gasteiger partial charge in [0.05, 0.1) is 30.0 Å². The summed E-state index contributed by atoms with van der Waals surface area (Å²) in [5.74, 6) is 1.83. The Morgan fingerprint density at radius 2 is 1.72 bits per heavy atom. The quantitative estimate of drug-likeness (QED) is 0.452. The number of thioether (sulfide) groups is 1. The first-order valence-electron chi connectivity index (χ1n) is 8.56. The molecule has 150 valence electrons. The highest BCUT2D eigenvalue weighted by Gasteiger charge is 2.14. The number of rotatable bonds is 7. The summed E-state index contributed by atoms with van der Waals surface area (Å²) in [6, 6.07) is 13.1. The van der Waals surface area contributed by atoms with E-state index in [0.717, 1.165) is 16.2 Å². The van der Waals surface area contributed by atoms with E-state index in [1.54, 1.807) is 44.2 Å². The Hall–Kier alpha value is -2.41. The Kier molecular flexibility index (Phi) is 7.25. The Balaban J connectivity index is 1.77. The van der Waals surface area contributed by atoms with Crippen LogP contribution in [0.1, 0.15) is 15.9 Å². The van der Waals surface area contributed by atoms with Gasteiger partial charge in [-0.2, -0.15) is 0 Å². The van der Waals surface area contributed by atoms with Crippen LogP contribution >= 0.6 is 35.0 Å². The topological polar surface area (TPSA) is 60.5 Å². The lowest BCUT2D eigenvalue weighted by Crippen LogP contribution is -2.13. The molecule has 0 atom stereocenters. The van der Waals surface area contributed by atoms with Crippen molar-refractivity contribution < 1.29 is 14.3 Å². The van der Waals surface area contributed by atoms with E-state index in [0.29, 0.717) is 22.8 Å². The normalized spacial score (nSPS) is 10.5. The Morgan fingerprint density at radius 3 is 2.34 bits per heavy atom. The third kappa shape index (κ3) is 5.35. The van der Waals surface area contributed by atoms with E-state index in [4.69, 9.17) is 32.7 Å². The highest BCUT2D eigenvalue weighted by atomic mass is 35.5. The number of hydrogen-bond acceptors (Lipinski definition) is 5. The molecule has 1 amide bonds. The number of amides is 1. The lowest BCUT2D eigenvalue weighted by molar-refractivity contribution is 0.102. The zero-order valence-electron chi connectivity index (χ0n) is 15.7. The zero-order chi connectivity index (χ0) is 20.8. The maximum atomic E-state index is 12.7. The molecular formula is C21H18Cl2N2O3S. The third-order valence-corrected chi connectivity index (χ3v) is 5.72. The smallest absolute Gasteiger partial charge is 0.255 e. The van der Waals surface area contributed by atoms with E-state index in [-0.39, 0.29) is 16.0 Å². The molecule has 0 aliphatic heterocycles. The van der Waals surface area contributed by atoms with E-state index in [1.165, 1.54) is 12.4 Å². The van der Waals surface area contributed by atoms with E-state index in [9.17, 15) is 4.79 Å². The minimum Gasteiger partial charge on any atom is -0.497 e. The standard InChI is InChI=1S/C21H18Cl2N2O3S/c1-27-15-4-6-16(7-5-15)29-12-14-9-13(3-8-19(14)28-2)21(26)25-20-17(22)10-24-11-18(20)23/h3-11H,12H2,1-2H3,(H,24,25,26). The maximum Gasteiger partial charge on any atom is 0.255 e. The number of aromatic nitrogens is 1. The maximum absolute atomic E-state index is 12.7. The molecule has 0 bridgehead atoms. The van der Waals surface area contributed by atoms with Gasteiger partial charge >= 0.3 is 0 Å². The summed E-state index contributed by atoms with van der Waals surface area (Å²) in [5, 5.41) is 3.29. The lowest BCUT2D eigenvalue weighted by atomic mass is 10.1. The number of benzene rings is 2. The number of ether oxygens (including phenoxy) is 2. The van der Waals surface area contributed by atoms with Gasteiger partial charge in [0, 0.05) is 34.2 Å². The molecule has 0 radical (unpaired) electrons. The van der Waals surface area contributed by atoms with Crippen LogP contribution < -0.4 is 14.8 Å². The van der Waals surface area contributed by atoms with Gasteiger partial charge < -0.3 is 14.8 Å². The molecule has 3 aromatic rings. The van der Waals surface area contributed by atoms with Crippen LogP contribution in [0.2, 0.25) is 10.0 Å². The Bertz CT molecular complexity index is 993. The van der Waals surface area contributed by atoms with Crippen LogP contribution in [0.15, 0.2) is 59.8 Å². The second-order valence-corrected chi connectivity index (χ2v) is 7.79. The second kappa shape index (κ2) is 9.87. The Morgan fingerprint density at radius 1 is 1.03 bits per heavy atom. The van der Waals surface area contributed by atoms with Gasteiger partial charge in [-0.05, 0) is 42.5 Å². The first-order valence-corrected chi connectivity index (χ1v) is 10.3. The molecule has 29 heavy (non-hydrogen) atoms. The van der Waals surface area contributed by atoms with Crippen LogP contribution in [-0.4, -0.2) is 25.1 Å².